The van der Waals surface area contributed by atoms with Gasteiger partial charge >= 0.3 is 6.09 Å². The summed E-state index contributed by atoms with van der Waals surface area (Å²) in [6.45, 7) is 0. The fourth-order valence-electron chi connectivity index (χ4n) is 1.84. The van der Waals surface area contributed by atoms with Crippen molar-refractivity contribution in [3.63, 3.8) is 0 Å². The van der Waals surface area contributed by atoms with Crippen molar-refractivity contribution in [3.8, 4) is 0 Å². The number of carboxylic acid groups (broad SMARTS) is 1. The first kappa shape index (κ1) is 11.5. The summed E-state index contributed by atoms with van der Waals surface area (Å²) in [6.07, 6.45) is 0.711. The predicted molar refractivity (Wildman–Crippen MR) is 58.9 cm³/mol. The van der Waals surface area contributed by atoms with Crippen LogP contribution in [0.3, 0.4) is 0 Å². The highest BCUT2D eigenvalue weighted by atomic mass is 16.4. The largest absolute Gasteiger partial charge is 0.465 e. The molecule has 1 aromatic carbocycles. The molecule has 0 atom stereocenters. The maximum atomic E-state index is 10.4. The van der Waals surface area contributed by atoms with Gasteiger partial charge in [0.2, 0.25) is 0 Å². The Morgan fingerprint density at radius 1 is 1.33 bits per heavy atom. The molecule has 4 nitrogen and oxygen atoms in total. The normalized spacial score (nSPS) is 13.7. The van der Waals surface area contributed by atoms with E-state index in [1.165, 1.54) is 18.2 Å². The van der Waals surface area contributed by atoms with E-state index in [1.807, 2.05) is 12.1 Å². The van der Waals surface area contributed by atoms with Gasteiger partial charge in [-0.05, 0) is 31.0 Å². The first-order valence-corrected chi connectivity index (χ1v) is 4.89. The zero-order chi connectivity index (χ0) is 11.3. The van der Waals surface area contributed by atoms with Crippen molar-refractivity contribution in [2.24, 2.45) is 5.73 Å². The second-order valence-corrected chi connectivity index (χ2v) is 3.32. The molecule has 15 heavy (non-hydrogen) atoms. The average molecular weight is 208 g/mol. The lowest BCUT2D eigenvalue weighted by atomic mass is 10.1. The van der Waals surface area contributed by atoms with Crippen LogP contribution in [0.15, 0.2) is 24.3 Å². The molecule has 0 spiro atoms. The SMILES string of the molecule is CN.O=C(O)NC1Cc2ccccc2C1. The highest BCUT2D eigenvalue weighted by molar-refractivity contribution is 5.65. The summed E-state index contributed by atoms with van der Waals surface area (Å²) in [6, 6.07) is 8.15. The molecule has 2 rings (SSSR count). The Morgan fingerprint density at radius 2 is 1.80 bits per heavy atom. The zero-order valence-electron chi connectivity index (χ0n) is 8.73. The molecule has 1 aromatic rings. The summed E-state index contributed by atoms with van der Waals surface area (Å²) in [5, 5.41) is 11.0. The number of amides is 1. The quantitative estimate of drug-likeness (QED) is 0.644. The Morgan fingerprint density at radius 3 is 2.20 bits per heavy atom. The van der Waals surface area contributed by atoms with Crippen LogP contribution in [0.1, 0.15) is 11.1 Å². The molecule has 4 heteroatoms. The van der Waals surface area contributed by atoms with Gasteiger partial charge in [0.05, 0.1) is 0 Å². The maximum Gasteiger partial charge on any atom is 0.404 e. The van der Waals surface area contributed by atoms with Gasteiger partial charge < -0.3 is 16.2 Å². The number of benzene rings is 1. The van der Waals surface area contributed by atoms with Crippen LogP contribution in [0.2, 0.25) is 0 Å². The van der Waals surface area contributed by atoms with E-state index in [9.17, 15) is 4.79 Å². The van der Waals surface area contributed by atoms with E-state index in [-0.39, 0.29) is 6.04 Å². The van der Waals surface area contributed by atoms with E-state index < -0.39 is 6.09 Å². The lowest BCUT2D eigenvalue weighted by molar-refractivity contribution is 0.190. The third-order valence-electron chi connectivity index (χ3n) is 2.38. The molecule has 82 valence electrons. The van der Waals surface area contributed by atoms with Crippen molar-refractivity contribution in [1.82, 2.24) is 5.32 Å². The summed E-state index contributed by atoms with van der Waals surface area (Å²) in [5.74, 6) is 0. The number of nitrogens with two attached hydrogens (primary N) is 1. The summed E-state index contributed by atoms with van der Waals surface area (Å²) in [5.41, 5.74) is 7.03. The van der Waals surface area contributed by atoms with Gasteiger partial charge in [-0.1, -0.05) is 24.3 Å². The third-order valence-corrected chi connectivity index (χ3v) is 2.38. The van der Waals surface area contributed by atoms with E-state index >= 15 is 0 Å². The van der Waals surface area contributed by atoms with Gasteiger partial charge in [0.15, 0.2) is 0 Å². The first-order valence-electron chi connectivity index (χ1n) is 4.89. The van der Waals surface area contributed by atoms with Crippen LogP contribution < -0.4 is 11.1 Å². The highest BCUT2D eigenvalue weighted by Gasteiger charge is 2.21. The van der Waals surface area contributed by atoms with Crippen molar-refractivity contribution >= 4 is 6.09 Å². The molecular weight excluding hydrogens is 192 g/mol. The lowest BCUT2D eigenvalue weighted by Gasteiger charge is -2.07. The van der Waals surface area contributed by atoms with Crippen LogP contribution in [0.25, 0.3) is 0 Å². The Bertz CT molecular complexity index is 314. The smallest absolute Gasteiger partial charge is 0.404 e. The molecule has 0 bridgehead atoms. The Hall–Kier alpha value is -1.55. The van der Waals surface area contributed by atoms with Crippen molar-refractivity contribution in [2.45, 2.75) is 18.9 Å². The van der Waals surface area contributed by atoms with Crippen molar-refractivity contribution < 1.29 is 9.90 Å². The van der Waals surface area contributed by atoms with Crippen molar-refractivity contribution in [3.05, 3.63) is 35.4 Å². The van der Waals surface area contributed by atoms with Gasteiger partial charge in [0, 0.05) is 6.04 Å². The van der Waals surface area contributed by atoms with E-state index in [4.69, 9.17) is 5.11 Å². The molecule has 1 aliphatic rings. The van der Waals surface area contributed by atoms with E-state index in [1.54, 1.807) is 0 Å². The zero-order valence-corrected chi connectivity index (χ0v) is 8.73. The van der Waals surface area contributed by atoms with Gasteiger partial charge in [0.25, 0.3) is 0 Å². The molecular formula is C11H16N2O2. The van der Waals surface area contributed by atoms with Gasteiger partial charge in [0.1, 0.15) is 0 Å². The molecule has 0 aliphatic heterocycles. The number of carbonyl (C=O) groups is 1. The molecule has 0 fully saturated rings. The number of fused-ring (bicyclic) bond motifs is 1. The van der Waals surface area contributed by atoms with Crippen LogP contribution in [0, 0.1) is 0 Å². The number of hydrogen-bond acceptors (Lipinski definition) is 2. The van der Waals surface area contributed by atoms with Crippen LogP contribution in [0.4, 0.5) is 4.79 Å². The lowest BCUT2D eigenvalue weighted by Crippen LogP contribution is -2.33. The number of hydrogen-bond donors (Lipinski definition) is 3. The van der Waals surface area contributed by atoms with E-state index in [0.717, 1.165) is 12.8 Å². The minimum Gasteiger partial charge on any atom is -0.465 e. The molecule has 1 amide bonds. The molecule has 4 N–H and O–H groups in total. The fourth-order valence-corrected chi connectivity index (χ4v) is 1.84. The fraction of sp³-hybridized carbons (Fsp3) is 0.364. The Labute approximate surface area is 89.1 Å². The van der Waals surface area contributed by atoms with Gasteiger partial charge in [-0.2, -0.15) is 0 Å². The summed E-state index contributed by atoms with van der Waals surface area (Å²) < 4.78 is 0. The van der Waals surface area contributed by atoms with Crippen LogP contribution in [-0.2, 0) is 12.8 Å². The first-order chi connectivity index (χ1) is 7.25. The molecule has 1 aliphatic carbocycles. The number of rotatable bonds is 1. The van der Waals surface area contributed by atoms with E-state index in [0.29, 0.717) is 0 Å². The van der Waals surface area contributed by atoms with E-state index in [2.05, 4.69) is 23.2 Å². The Kier molecular flexibility index (Phi) is 4.12. The van der Waals surface area contributed by atoms with Crippen LogP contribution in [-0.4, -0.2) is 24.3 Å². The predicted octanol–water partition coefficient (Wildman–Crippen LogP) is 0.996. The minimum atomic E-state index is -0.933. The molecule has 0 radical (unpaired) electrons. The summed E-state index contributed by atoms with van der Waals surface area (Å²) in [7, 11) is 1.50. The summed E-state index contributed by atoms with van der Waals surface area (Å²) >= 11 is 0. The maximum absolute atomic E-state index is 10.4. The monoisotopic (exact) mass is 208 g/mol. The Balaban J connectivity index is 0.000000531. The molecule has 0 unspecified atom stereocenters. The molecule has 0 heterocycles. The average Bonchev–Trinajstić information content (AvgIpc) is 2.61. The highest BCUT2D eigenvalue weighted by Crippen LogP contribution is 2.21. The van der Waals surface area contributed by atoms with Crippen molar-refractivity contribution in [1.29, 1.82) is 0 Å². The van der Waals surface area contributed by atoms with Gasteiger partial charge in [-0.15, -0.1) is 0 Å². The van der Waals surface area contributed by atoms with Gasteiger partial charge in [-0.25, -0.2) is 4.79 Å². The minimum absolute atomic E-state index is 0.0647. The number of nitrogens with one attached hydrogen (secondary N) is 1. The molecule has 0 saturated carbocycles. The molecule has 0 aromatic heterocycles. The molecule has 0 saturated heterocycles. The second-order valence-electron chi connectivity index (χ2n) is 3.32. The van der Waals surface area contributed by atoms with Crippen LogP contribution in [0.5, 0.6) is 0 Å². The van der Waals surface area contributed by atoms with Crippen LogP contribution >= 0.6 is 0 Å². The van der Waals surface area contributed by atoms with Gasteiger partial charge in [-0.3, -0.25) is 0 Å². The standard InChI is InChI=1S/C10H11NO2.CH5N/c12-10(13)11-9-5-7-3-1-2-4-8(7)6-9;1-2/h1-4,9,11H,5-6H2,(H,12,13);2H2,1H3. The second kappa shape index (κ2) is 5.36. The van der Waals surface area contributed by atoms with Crippen molar-refractivity contribution in [2.75, 3.05) is 7.05 Å². The topological polar surface area (TPSA) is 75.4 Å². The summed E-state index contributed by atoms with van der Waals surface area (Å²) in [4.78, 5) is 10.4. The third kappa shape index (κ3) is 2.95.